The molecule has 0 aliphatic rings. The summed E-state index contributed by atoms with van der Waals surface area (Å²) in [6.07, 6.45) is 64.5. The molecule has 0 aromatic heterocycles. The van der Waals surface area contributed by atoms with Gasteiger partial charge >= 0.3 is 5.97 Å². The molecule has 0 bridgehead atoms. The van der Waals surface area contributed by atoms with E-state index in [9.17, 15) is 19.8 Å². The van der Waals surface area contributed by atoms with Crippen molar-refractivity contribution in [3.63, 3.8) is 0 Å². The molecule has 0 fully saturated rings. The first-order chi connectivity index (χ1) is 31.5. The van der Waals surface area contributed by atoms with Crippen LogP contribution in [0.2, 0.25) is 0 Å². The van der Waals surface area contributed by atoms with Crippen LogP contribution in [0.1, 0.15) is 309 Å². The zero-order chi connectivity index (χ0) is 46.5. The lowest BCUT2D eigenvalue weighted by molar-refractivity contribution is -0.143. The number of hydrogen-bond donors (Lipinski definition) is 3. The molecule has 0 aliphatic heterocycles. The Morgan fingerprint density at radius 2 is 0.781 bits per heavy atom. The van der Waals surface area contributed by atoms with Gasteiger partial charge in [0.05, 0.1) is 25.4 Å². The summed E-state index contributed by atoms with van der Waals surface area (Å²) < 4.78 is 5.49. The Kier molecular flexibility index (Phi) is 52.6. The fourth-order valence-corrected chi connectivity index (χ4v) is 8.85. The second kappa shape index (κ2) is 54.0. The zero-order valence-corrected chi connectivity index (χ0v) is 43.0. The lowest BCUT2D eigenvalue weighted by Gasteiger charge is -2.22. The number of amides is 1. The first-order valence-corrected chi connectivity index (χ1v) is 28.6. The summed E-state index contributed by atoms with van der Waals surface area (Å²) in [5.74, 6) is -0.0422. The summed E-state index contributed by atoms with van der Waals surface area (Å²) in [5.41, 5.74) is 0. The third-order valence-corrected chi connectivity index (χ3v) is 13.3. The molecule has 0 spiro atoms. The number of carbonyl (C=O) groups is 2. The number of carbonyl (C=O) groups excluding carboxylic acids is 2. The summed E-state index contributed by atoms with van der Waals surface area (Å²) >= 11 is 0. The molecule has 0 rings (SSSR count). The molecule has 1 amide bonds. The summed E-state index contributed by atoms with van der Waals surface area (Å²) in [5, 5.41) is 23.2. The van der Waals surface area contributed by atoms with Crippen LogP contribution in [0.4, 0.5) is 0 Å². The van der Waals surface area contributed by atoms with Crippen molar-refractivity contribution in [2.75, 3.05) is 13.2 Å². The summed E-state index contributed by atoms with van der Waals surface area (Å²) in [6.45, 7) is 4.92. The third-order valence-electron chi connectivity index (χ3n) is 13.3. The molecule has 2 unspecified atom stereocenters. The van der Waals surface area contributed by atoms with E-state index in [1.165, 1.54) is 225 Å². The molecule has 6 nitrogen and oxygen atoms in total. The molecule has 64 heavy (non-hydrogen) atoms. The molecule has 0 radical (unpaired) electrons. The Labute approximate surface area is 399 Å². The lowest BCUT2D eigenvalue weighted by Crippen LogP contribution is -2.45. The Bertz CT molecular complexity index is 997. The number of nitrogens with one attached hydrogen (secondary N) is 1. The molecule has 0 aromatic carbocycles. The molecule has 0 saturated carbocycles. The highest BCUT2D eigenvalue weighted by Crippen LogP contribution is 2.17. The van der Waals surface area contributed by atoms with Gasteiger partial charge in [-0.05, 0) is 57.8 Å². The molecule has 6 heteroatoms. The van der Waals surface area contributed by atoms with Gasteiger partial charge in [-0.2, -0.15) is 0 Å². The van der Waals surface area contributed by atoms with Crippen LogP contribution in [0.25, 0.3) is 0 Å². The highest BCUT2D eigenvalue weighted by Gasteiger charge is 2.20. The smallest absolute Gasteiger partial charge is 0.305 e. The van der Waals surface area contributed by atoms with Gasteiger partial charge in [0.2, 0.25) is 5.91 Å². The Balaban J connectivity index is 3.40. The fourth-order valence-electron chi connectivity index (χ4n) is 8.85. The van der Waals surface area contributed by atoms with E-state index >= 15 is 0 Å². The van der Waals surface area contributed by atoms with Crippen molar-refractivity contribution < 1.29 is 24.5 Å². The van der Waals surface area contributed by atoms with E-state index in [0.29, 0.717) is 25.9 Å². The van der Waals surface area contributed by atoms with Gasteiger partial charge in [-0.1, -0.05) is 263 Å². The molecular weight excluding hydrogens is 791 g/mol. The minimum Gasteiger partial charge on any atom is -0.466 e. The van der Waals surface area contributed by atoms with Crippen LogP contribution < -0.4 is 5.32 Å². The zero-order valence-electron chi connectivity index (χ0n) is 43.0. The first kappa shape index (κ1) is 62.3. The number of hydrogen-bond acceptors (Lipinski definition) is 5. The van der Waals surface area contributed by atoms with E-state index in [-0.39, 0.29) is 18.5 Å². The van der Waals surface area contributed by atoms with Gasteiger partial charge in [0.15, 0.2) is 0 Å². The van der Waals surface area contributed by atoms with Crippen LogP contribution in [0, 0.1) is 0 Å². The maximum atomic E-state index is 12.4. The van der Waals surface area contributed by atoms with Crippen molar-refractivity contribution in [1.29, 1.82) is 0 Å². The van der Waals surface area contributed by atoms with Crippen molar-refractivity contribution in [3.8, 4) is 0 Å². The van der Waals surface area contributed by atoms with E-state index in [0.717, 1.165) is 51.4 Å². The Morgan fingerprint density at radius 1 is 0.438 bits per heavy atom. The standard InChI is InChI=1S/C58H111NO5/c1-3-5-7-9-11-13-15-17-18-19-20-21-25-28-32-36-40-44-48-52-58(63)64-53-49-45-41-37-33-29-26-23-22-24-27-31-35-39-43-47-51-57(62)59-55(54-60)56(61)50-46-42-38-34-30-16-14-12-10-8-6-4-2/h11,13,17-18,55-56,60-61H,3-10,12,14-16,19-54H2,1-2H3,(H,59,62)/b13-11-,18-17-. The number of aliphatic hydroxyl groups is 2. The summed E-state index contributed by atoms with van der Waals surface area (Å²) in [7, 11) is 0. The molecular formula is C58H111NO5. The van der Waals surface area contributed by atoms with E-state index in [2.05, 4.69) is 43.5 Å². The SMILES string of the molecule is CCCCC/C=C\C/C=C\CCCCCCCCCCCC(=O)OCCCCCCCCCCCCCCCCCCC(=O)NC(CO)C(O)CCCCCCCCCCCCCC. The van der Waals surface area contributed by atoms with Gasteiger partial charge in [-0.25, -0.2) is 0 Å². The first-order valence-electron chi connectivity index (χ1n) is 28.6. The van der Waals surface area contributed by atoms with Crippen LogP contribution in [-0.2, 0) is 14.3 Å². The molecule has 0 aromatic rings. The lowest BCUT2D eigenvalue weighted by atomic mass is 10.0. The number of ether oxygens (including phenoxy) is 1. The number of esters is 1. The molecule has 0 saturated heterocycles. The van der Waals surface area contributed by atoms with Crippen LogP contribution in [0.15, 0.2) is 24.3 Å². The largest absolute Gasteiger partial charge is 0.466 e. The normalized spacial score (nSPS) is 12.8. The predicted octanol–water partition coefficient (Wildman–Crippen LogP) is 17.5. The Hall–Kier alpha value is -1.66. The van der Waals surface area contributed by atoms with Crippen molar-refractivity contribution in [1.82, 2.24) is 5.32 Å². The highest BCUT2D eigenvalue weighted by molar-refractivity contribution is 5.76. The van der Waals surface area contributed by atoms with Crippen molar-refractivity contribution in [2.45, 2.75) is 321 Å². The van der Waals surface area contributed by atoms with Gasteiger partial charge in [0, 0.05) is 12.8 Å². The number of unbranched alkanes of at least 4 members (excludes halogenated alkanes) is 38. The summed E-state index contributed by atoms with van der Waals surface area (Å²) in [6, 6.07) is -0.545. The quantitative estimate of drug-likeness (QED) is 0.0321. The molecule has 3 N–H and O–H groups in total. The van der Waals surface area contributed by atoms with Crippen molar-refractivity contribution >= 4 is 11.9 Å². The monoisotopic (exact) mass is 902 g/mol. The number of aliphatic hydroxyl groups excluding tert-OH is 2. The number of rotatable bonds is 53. The van der Waals surface area contributed by atoms with Gasteiger partial charge in [-0.15, -0.1) is 0 Å². The van der Waals surface area contributed by atoms with Crippen LogP contribution in [0.3, 0.4) is 0 Å². The molecule has 0 aliphatic carbocycles. The van der Waals surface area contributed by atoms with Gasteiger partial charge < -0.3 is 20.3 Å². The van der Waals surface area contributed by atoms with Crippen LogP contribution in [0.5, 0.6) is 0 Å². The average Bonchev–Trinajstić information content (AvgIpc) is 3.29. The molecule has 0 heterocycles. The van der Waals surface area contributed by atoms with E-state index in [4.69, 9.17) is 4.74 Å². The third kappa shape index (κ3) is 49.8. The van der Waals surface area contributed by atoms with Crippen LogP contribution >= 0.6 is 0 Å². The maximum Gasteiger partial charge on any atom is 0.305 e. The van der Waals surface area contributed by atoms with Gasteiger partial charge in [-0.3, -0.25) is 9.59 Å². The average molecular weight is 903 g/mol. The van der Waals surface area contributed by atoms with E-state index < -0.39 is 12.1 Å². The molecule has 2 atom stereocenters. The minimum absolute atomic E-state index is 0.000432. The van der Waals surface area contributed by atoms with Crippen molar-refractivity contribution in [2.24, 2.45) is 0 Å². The van der Waals surface area contributed by atoms with E-state index in [1.807, 2.05) is 0 Å². The second-order valence-corrected chi connectivity index (χ2v) is 19.6. The maximum absolute atomic E-state index is 12.4. The second-order valence-electron chi connectivity index (χ2n) is 19.6. The highest BCUT2D eigenvalue weighted by atomic mass is 16.5. The van der Waals surface area contributed by atoms with Crippen LogP contribution in [-0.4, -0.2) is 47.4 Å². The Morgan fingerprint density at radius 3 is 1.22 bits per heavy atom. The fraction of sp³-hybridized carbons (Fsp3) is 0.897. The summed E-state index contributed by atoms with van der Waals surface area (Å²) in [4.78, 5) is 24.5. The number of allylic oxidation sites excluding steroid dienone is 4. The predicted molar refractivity (Wildman–Crippen MR) is 278 cm³/mol. The van der Waals surface area contributed by atoms with Crippen molar-refractivity contribution in [3.05, 3.63) is 24.3 Å². The molecule has 378 valence electrons. The minimum atomic E-state index is -0.668. The van der Waals surface area contributed by atoms with Gasteiger partial charge in [0.25, 0.3) is 0 Å². The van der Waals surface area contributed by atoms with Gasteiger partial charge in [0.1, 0.15) is 0 Å². The van der Waals surface area contributed by atoms with E-state index in [1.54, 1.807) is 0 Å². The topological polar surface area (TPSA) is 95.9 Å².